The number of rotatable bonds is 6. The molecule has 16 heavy (non-hydrogen) atoms. The van der Waals surface area contributed by atoms with Gasteiger partial charge in [-0.1, -0.05) is 13.3 Å². The number of nitrogens with two attached hydrogens (primary N) is 1. The second-order valence-electron chi connectivity index (χ2n) is 3.51. The van der Waals surface area contributed by atoms with Crippen molar-refractivity contribution in [2.24, 2.45) is 0 Å². The topological polar surface area (TPSA) is 73.1 Å². The van der Waals surface area contributed by atoms with E-state index in [1.807, 2.05) is 0 Å². The predicted octanol–water partition coefficient (Wildman–Crippen LogP) is 2.05. The maximum Gasteiger partial charge on any atom is 0.221 e. The van der Waals surface area contributed by atoms with E-state index in [0.29, 0.717) is 12.4 Å². The van der Waals surface area contributed by atoms with Gasteiger partial charge in [-0.3, -0.25) is 0 Å². The highest BCUT2D eigenvalue weighted by Gasteiger charge is 2.10. The number of nitrogens with one attached hydrogen (secondary N) is 1. The molecule has 0 fully saturated rings. The van der Waals surface area contributed by atoms with Crippen LogP contribution in [0.4, 0.5) is 11.8 Å². The molecule has 0 aromatic carbocycles. The van der Waals surface area contributed by atoms with E-state index in [9.17, 15) is 0 Å². The van der Waals surface area contributed by atoms with Gasteiger partial charge in [-0.25, -0.2) is 4.98 Å². The molecule has 0 aliphatic heterocycles. The number of methoxy groups -OCH3 is 1. The quantitative estimate of drug-likeness (QED) is 0.838. The van der Waals surface area contributed by atoms with E-state index in [4.69, 9.17) is 10.5 Å². The lowest BCUT2D eigenvalue weighted by molar-refractivity contribution is 0.182. The first-order valence-corrected chi connectivity index (χ1v) is 6.00. The molecule has 5 nitrogen and oxygen atoms in total. The van der Waals surface area contributed by atoms with Crippen LogP contribution >= 0.6 is 15.9 Å². The minimum absolute atomic E-state index is 0.237. The largest absolute Gasteiger partial charge is 0.383 e. The molecule has 0 saturated carbocycles. The van der Waals surface area contributed by atoms with Crippen molar-refractivity contribution in [1.29, 1.82) is 0 Å². The molecule has 0 bridgehead atoms. The summed E-state index contributed by atoms with van der Waals surface area (Å²) >= 11 is 3.38. The van der Waals surface area contributed by atoms with Gasteiger partial charge in [0, 0.05) is 13.3 Å². The molecule has 1 heterocycles. The van der Waals surface area contributed by atoms with Gasteiger partial charge in [0.15, 0.2) is 0 Å². The Kier molecular flexibility index (Phi) is 5.48. The number of ether oxygens (including phenoxy) is 1. The predicted molar refractivity (Wildman–Crippen MR) is 68.3 cm³/mol. The van der Waals surface area contributed by atoms with Gasteiger partial charge in [-0.05, 0) is 22.4 Å². The highest BCUT2D eigenvalue weighted by molar-refractivity contribution is 9.10. The first-order chi connectivity index (χ1) is 7.67. The molecule has 0 aliphatic rings. The van der Waals surface area contributed by atoms with E-state index in [0.717, 1.165) is 17.3 Å². The fraction of sp³-hybridized carbons (Fsp3) is 0.600. The molecule has 90 valence electrons. The van der Waals surface area contributed by atoms with Crippen LogP contribution < -0.4 is 11.1 Å². The first-order valence-electron chi connectivity index (χ1n) is 5.20. The van der Waals surface area contributed by atoms with Crippen molar-refractivity contribution in [3.63, 3.8) is 0 Å². The number of hydrogen-bond acceptors (Lipinski definition) is 5. The van der Waals surface area contributed by atoms with Crippen molar-refractivity contribution < 1.29 is 4.74 Å². The molecule has 0 saturated heterocycles. The summed E-state index contributed by atoms with van der Waals surface area (Å²) in [7, 11) is 1.69. The SMILES string of the molecule is CCCC(COC)Nc1nc(N)ncc1Br. The third kappa shape index (κ3) is 3.94. The van der Waals surface area contributed by atoms with Crippen LogP contribution in [0, 0.1) is 0 Å². The number of nitrogen functional groups attached to an aromatic ring is 1. The van der Waals surface area contributed by atoms with Crippen molar-refractivity contribution in [3.8, 4) is 0 Å². The third-order valence-electron chi connectivity index (χ3n) is 2.11. The maximum absolute atomic E-state index is 5.54. The molecular formula is C10H17BrN4O. The van der Waals surface area contributed by atoms with E-state index in [1.165, 1.54) is 0 Å². The first kappa shape index (κ1) is 13.2. The molecule has 1 atom stereocenters. The lowest BCUT2D eigenvalue weighted by Gasteiger charge is -2.18. The Hall–Kier alpha value is -0.880. The minimum atomic E-state index is 0.237. The van der Waals surface area contributed by atoms with Crippen LogP contribution in [0.5, 0.6) is 0 Å². The van der Waals surface area contributed by atoms with Crippen LogP contribution in [-0.2, 0) is 4.74 Å². The van der Waals surface area contributed by atoms with Crippen LogP contribution in [0.15, 0.2) is 10.7 Å². The Bertz CT molecular complexity index is 329. The zero-order valence-electron chi connectivity index (χ0n) is 9.53. The Morgan fingerprint density at radius 1 is 1.62 bits per heavy atom. The monoisotopic (exact) mass is 288 g/mol. The number of nitrogens with zero attached hydrogens (tertiary/aromatic N) is 2. The van der Waals surface area contributed by atoms with Gasteiger partial charge in [-0.2, -0.15) is 4.98 Å². The molecule has 1 aromatic rings. The van der Waals surface area contributed by atoms with Crippen molar-refractivity contribution in [3.05, 3.63) is 10.7 Å². The molecule has 1 aromatic heterocycles. The number of hydrogen-bond donors (Lipinski definition) is 2. The van der Waals surface area contributed by atoms with Gasteiger partial charge in [0.05, 0.1) is 17.1 Å². The van der Waals surface area contributed by atoms with Crippen LogP contribution in [0.25, 0.3) is 0 Å². The van der Waals surface area contributed by atoms with Gasteiger partial charge in [0.25, 0.3) is 0 Å². The summed E-state index contributed by atoms with van der Waals surface area (Å²) in [5.74, 6) is 0.973. The average molecular weight is 289 g/mol. The molecule has 0 aliphatic carbocycles. The van der Waals surface area contributed by atoms with Crippen LogP contribution in [0.2, 0.25) is 0 Å². The maximum atomic E-state index is 5.54. The van der Waals surface area contributed by atoms with Crippen LogP contribution in [0.3, 0.4) is 0 Å². The second-order valence-corrected chi connectivity index (χ2v) is 4.36. The van der Waals surface area contributed by atoms with Crippen LogP contribution in [-0.4, -0.2) is 29.7 Å². The Morgan fingerprint density at radius 3 is 3.00 bits per heavy atom. The van der Waals surface area contributed by atoms with Crippen LogP contribution in [0.1, 0.15) is 19.8 Å². The summed E-state index contributed by atoms with van der Waals surface area (Å²) < 4.78 is 5.95. The van der Waals surface area contributed by atoms with E-state index >= 15 is 0 Å². The van der Waals surface area contributed by atoms with Crippen molar-refractivity contribution in [1.82, 2.24) is 9.97 Å². The van der Waals surface area contributed by atoms with Gasteiger partial charge in [-0.15, -0.1) is 0 Å². The summed E-state index contributed by atoms with van der Waals surface area (Å²) in [5, 5.41) is 3.29. The molecular weight excluding hydrogens is 272 g/mol. The standard InChI is InChI=1S/C10H17BrN4O/c1-3-4-7(6-16-2)14-9-8(11)5-13-10(12)15-9/h5,7H,3-4,6H2,1-2H3,(H3,12,13,14,15). The third-order valence-corrected chi connectivity index (χ3v) is 2.69. The Labute approximate surface area is 104 Å². The van der Waals surface area contributed by atoms with Crippen molar-refractivity contribution >= 4 is 27.7 Å². The summed E-state index contributed by atoms with van der Waals surface area (Å²) in [6.45, 7) is 2.78. The zero-order valence-corrected chi connectivity index (χ0v) is 11.1. The average Bonchev–Trinajstić information content (AvgIpc) is 2.24. The highest BCUT2D eigenvalue weighted by Crippen LogP contribution is 2.20. The normalized spacial score (nSPS) is 12.4. The Balaban J connectivity index is 2.71. The highest BCUT2D eigenvalue weighted by atomic mass is 79.9. The summed E-state index contributed by atoms with van der Waals surface area (Å²) in [4.78, 5) is 8.02. The number of anilines is 2. The summed E-state index contributed by atoms with van der Waals surface area (Å²) in [6, 6.07) is 0.237. The van der Waals surface area contributed by atoms with Gasteiger partial charge >= 0.3 is 0 Å². The molecule has 1 unspecified atom stereocenters. The smallest absolute Gasteiger partial charge is 0.221 e. The van der Waals surface area contributed by atoms with E-state index in [1.54, 1.807) is 13.3 Å². The van der Waals surface area contributed by atoms with Crippen molar-refractivity contribution in [2.75, 3.05) is 24.8 Å². The van der Waals surface area contributed by atoms with Gasteiger partial charge in [0.2, 0.25) is 5.95 Å². The second kappa shape index (κ2) is 6.65. The molecule has 0 amide bonds. The Morgan fingerprint density at radius 2 is 2.38 bits per heavy atom. The molecule has 6 heteroatoms. The molecule has 3 N–H and O–H groups in total. The number of aromatic nitrogens is 2. The molecule has 0 radical (unpaired) electrons. The van der Waals surface area contributed by atoms with E-state index in [2.05, 4.69) is 38.1 Å². The summed E-state index contributed by atoms with van der Waals surface area (Å²) in [6.07, 6.45) is 3.74. The molecule has 1 rings (SSSR count). The fourth-order valence-corrected chi connectivity index (χ4v) is 1.73. The van der Waals surface area contributed by atoms with Crippen molar-refractivity contribution in [2.45, 2.75) is 25.8 Å². The minimum Gasteiger partial charge on any atom is -0.383 e. The van der Waals surface area contributed by atoms with Gasteiger partial charge < -0.3 is 15.8 Å². The number of halogens is 1. The molecule has 0 spiro atoms. The van der Waals surface area contributed by atoms with E-state index < -0.39 is 0 Å². The fourth-order valence-electron chi connectivity index (χ4n) is 1.42. The zero-order chi connectivity index (χ0) is 12.0. The lowest BCUT2D eigenvalue weighted by atomic mass is 10.2. The lowest BCUT2D eigenvalue weighted by Crippen LogP contribution is -2.25. The summed E-state index contributed by atoms with van der Waals surface area (Å²) in [5.41, 5.74) is 5.54. The van der Waals surface area contributed by atoms with Gasteiger partial charge in [0.1, 0.15) is 5.82 Å². The van der Waals surface area contributed by atoms with E-state index in [-0.39, 0.29) is 12.0 Å².